The molecule has 0 spiro atoms. The maximum atomic E-state index is 9.37. The van der Waals surface area contributed by atoms with E-state index in [0.717, 1.165) is 0 Å². The number of hydrogen-bond donors (Lipinski definition) is 2. The molecule has 0 aliphatic rings. The fourth-order valence-electron chi connectivity index (χ4n) is 0. The van der Waals surface area contributed by atoms with Crippen LogP contribution in [0.15, 0.2) is 0 Å². The van der Waals surface area contributed by atoms with Crippen LogP contribution in [0.2, 0.25) is 0 Å². The first-order valence-electron chi connectivity index (χ1n) is 2.98. The normalized spacial score (nSPS) is 6.73. The summed E-state index contributed by atoms with van der Waals surface area (Å²) in [5.74, 6) is -1.49. The largest absolute Gasteiger partial charge is 0.481 e. The van der Waals surface area contributed by atoms with Crippen LogP contribution in [-0.2, 0) is 32.0 Å². The van der Waals surface area contributed by atoms with Crippen molar-refractivity contribution >= 4 is 11.9 Å². The third-order valence-electron chi connectivity index (χ3n) is 0.605. The van der Waals surface area contributed by atoms with Gasteiger partial charge >= 0.3 is 11.9 Å². The van der Waals surface area contributed by atoms with Gasteiger partial charge in [-0.05, 0) is 0 Å². The zero-order valence-electron chi connectivity index (χ0n) is 6.43. The van der Waals surface area contributed by atoms with Crippen molar-refractivity contribution in [2.24, 2.45) is 0 Å². The van der Waals surface area contributed by atoms with Gasteiger partial charge in [0.1, 0.15) is 0 Å². The minimum atomic E-state index is -0.745. The first-order chi connectivity index (χ1) is 4.54. The van der Waals surface area contributed by atoms with Gasteiger partial charge in [-0.25, -0.2) is 0 Å². The van der Waals surface area contributed by atoms with Crippen molar-refractivity contribution in [2.75, 3.05) is 0 Å². The molecule has 0 aliphatic carbocycles. The molecule has 0 saturated carbocycles. The van der Waals surface area contributed by atoms with E-state index in [1.807, 2.05) is 0 Å². The molecular formula is C6H12AgO4. The zero-order chi connectivity index (χ0) is 8.57. The Morgan fingerprint density at radius 2 is 1.09 bits per heavy atom. The predicted molar refractivity (Wildman–Crippen MR) is 35.9 cm³/mol. The van der Waals surface area contributed by atoms with Gasteiger partial charge in [-0.2, -0.15) is 0 Å². The SMILES string of the molecule is CCC(=O)O.CCC(=O)O.[Ag]. The minimum Gasteiger partial charge on any atom is -0.481 e. The first kappa shape index (κ1) is 17.0. The third kappa shape index (κ3) is 42.2. The summed E-state index contributed by atoms with van der Waals surface area (Å²) in [5, 5.41) is 15.4. The number of carboxylic acids is 2. The number of rotatable bonds is 2. The maximum Gasteiger partial charge on any atom is 0.303 e. The Bertz CT molecular complexity index is 99.1. The third-order valence-corrected chi connectivity index (χ3v) is 0.605. The van der Waals surface area contributed by atoms with Crippen molar-refractivity contribution in [3.8, 4) is 0 Å². The van der Waals surface area contributed by atoms with E-state index >= 15 is 0 Å². The van der Waals surface area contributed by atoms with Crippen LogP contribution in [0.3, 0.4) is 0 Å². The molecule has 5 heteroatoms. The molecule has 0 fully saturated rings. The Balaban J connectivity index is -0.000000107. The standard InChI is InChI=1S/2C3H6O2.Ag/c2*1-2-3(4)5;/h2*2H2,1H3,(H,4,5);. The molecule has 0 aromatic heterocycles. The molecule has 0 atom stereocenters. The molecule has 0 amide bonds. The van der Waals surface area contributed by atoms with Gasteiger partial charge in [-0.1, -0.05) is 13.8 Å². The Hall–Kier alpha value is -0.320. The molecule has 0 saturated heterocycles. The van der Waals surface area contributed by atoms with E-state index in [4.69, 9.17) is 10.2 Å². The Labute approximate surface area is 81.1 Å². The molecule has 0 heterocycles. The van der Waals surface area contributed by atoms with Gasteiger partial charge < -0.3 is 10.2 Å². The van der Waals surface area contributed by atoms with E-state index in [-0.39, 0.29) is 35.2 Å². The molecule has 4 nitrogen and oxygen atoms in total. The van der Waals surface area contributed by atoms with Crippen LogP contribution < -0.4 is 0 Å². The van der Waals surface area contributed by atoms with Crippen LogP contribution in [0.4, 0.5) is 0 Å². The second-order valence-corrected chi connectivity index (χ2v) is 1.49. The van der Waals surface area contributed by atoms with Gasteiger partial charge in [0.15, 0.2) is 0 Å². The number of hydrogen-bond acceptors (Lipinski definition) is 2. The molecule has 71 valence electrons. The summed E-state index contributed by atoms with van der Waals surface area (Å²) in [6.45, 7) is 3.20. The summed E-state index contributed by atoms with van der Waals surface area (Å²) in [7, 11) is 0. The topological polar surface area (TPSA) is 74.6 Å². The van der Waals surface area contributed by atoms with Crippen LogP contribution >= 0.6 is 0 Å². The number of carbonyl (C=O) groups is 2. The van der Waals surface area contributed by atoms with Gasteiger partial charge in [0.25, 0.3) is 0 Å². The van der Waals surface area contributed by atoms with Crippen molar-refractivity contribution in [1.82, 2.24) is 0 Å². The minimum absolute atomic E-state index is 0. The summed E-state index contributed by atoms with van der Waals surface area (Å²) < 4.78 is 0. The summed E-state index contributed by atoms with van der Waals surface area (Å²) in [6, 6.07) is 0. The fourth-order valence-corrected chi connectivity index (χ4v) is 0. The van der Waals surface area contributed by atoms with Gasteiger partial charge in [-0.15, -0.1) is 0 Å². The summed E-state index contributed by atoms with van der Waals surface area (Å²) in [6.07, 6.45) is 0.444. The van der Waals surface area contributed by atoms with Crippen molar-refractivity contribution in [3.05, 3.63) is 0 Å². The molecule has 0 unspecified atom stereocenters. The average molecular weight is 256 g/mol. The van der Waals surface area contributed by atoms with E-state index in [0.29, 0.717) is 0 Å². The maximum absolute atomic E-state index is 9.37. The molecule has 0 aromatic rings. The van der Waals surface area contributed by atoms with Crippen LogP contribution in [0.25, 0.3) is 0 Å². The molecular weight excluding hydrogens is 244 g/mol. The van der Waals surface area contributed by atoms with E-state index < -0.39 is 11.9 Å². The van der Waals surface area contributed by atoms with Crippen molar-refractivity contribution in [3.63, 3.8) is 0 Å². The van der Waals surface area contributed by atoms with Crippen LogP contribution in [0.5, 0.6) is 0 Å². The smallest absolute Gasteiger partial charge is 0.303 e. The van der Waals surface area contributed by atoms with Gasteiger partial charge in [0.05, 0.1) is 0 Å². The van der Waals surface area contributed by atoms with Crippen molar-refractivity contribution in [1.29, 1.82) is 0 Å². The van der Waals surface area contributed by atoms with Crippen LogP contribution in [0, 0.1) is 0 Å². The molecule has 1 radical (unpaired) electrons. The first-order valence-corrected chi connectivity index (χ1v) is 2.98. The summed E-state index contributed by atoms with van der Waals surface area (Å²) in [5.41, 5.74) is 0. The second kappa shape index (κ2) is 12.4. The second-order valence-electron chi connectivity index (χ2n) is 1.49. The van der Waals surface area contributed by atoms with E-state index in [1.54, 1.807) is 13.8 Å². The molecule has 2 N–H and O–H groups in total. The summed E-state index contributed by atoms with van der Waals surface area (Å²) >= 11 is 0. The zero-order valence-corrected chi connectivity index (χ0v) is 7.91. The van der Waals surface area contributed by atoms with Gasteiger partial charge in [0, 0.05) is 35.2 Å². The van der Waals surface area contributed by atoms with Crippen molar-refractivity contribution in [2.45, 2.75) is 26.7 Å². The number of aliphatic carboxylic acids is 2. The van der Waals surface area contributed by atoms with E-state index in [2.05, 4.69) is 0 Å². The van der Waals surface area contributed by atoms with Crippen LogP contribution in [0.1, 0.15) is 26.7 Å². The fraction of sp³-hybridized carbons (Fsp3) is 0.667. The monoisotopic (exact) mass is 255 g/mol. The molecule has 0 bridgehead atoms. The summed E-state index contributed by atoms with van der Waals surface area (Å²) in [4.78, 5) is 18.7. The molecule has 11 heavy (non-hydrogen) atoms. The Morgan fingerprint density at radius 1 is 1.00 bits per heavy atom. The molecule has 0 aromatic carbocycles. The van der Waals surface area contributed by atoms with Crippen molar-refractivity contribution < 1.29 is 42.2 Å². The Morgan fingerprint density at radius 3 is 1.09 bits per heavy atom. The van der Waals surface area contributed by atoms with E-state index in [9.17, 15) is 9.59 Å². The van der Waals surface area contributed by atoms with Crippen LogP contribution in [-0.4, -0.2) is 22.2 Å². The van der Waals surface area contributed by atoms with E-state index in [1.165, 1.54) is 0 Å². The molecule has 0 rings (SSSR count). The average Bonchev–Trinajstić information content (AvgIpc) is 1.89. The Kier molecular flexibility index (Phi) is 19.1. The van der Waals surface area contributed by atoms with Gasteiger partial charge in [-0.3, -0.25) is 9.59 Å². The quantitative estimate of drug-likeness (QED) is 0.721. The predicted octanol–water partition coefficient (Wildman–Crippen LogP) is 0.960. The molecule has 0 aliphatic heterocycles. The number of carboxylic acid groups (broad SMARTS) is 2. The van der Waals surface area contributed by atoms with Gasteiger partial charge in [0.2, 0.25) is 0 Å².